The fourth-order valence-corrected chi connectivity index (χ4v) is 7.68. The van der Waals surface area contributed by atoms with Crippen LogP contribution in [0.2, 0.25) is 5.02 Å². The Morgan fingerprint density at radius 3 is 2.57 bits per heavy atom. The zero-order chi connectivity index (χ0) is 33.5. The average molecular weight is 698 g/mol. The summed E-state index contributed by atoms with van der Waals surface area (Å²) in [4.78, 5) is 10.5. The van der Waals surface area contributed by atoms with Crippen LogP contribution in [0.3, 0.4) is 0 Å². The summed E-state index contributed by atoms with van der Waals surface area (Å²) in [5.41, 5.74) is 0.487. The van der Waals surface area contributed by atoms with Gasteiger partial charge in [0.05, 0.1) is 34.4 Å². The molecule has 4 aromatic rings. The van der Waals surface area contributed by atoms with E-state index in [2.05, 4.69) is 24.7 Å². The van der Waals surface area contributed by atoms with Gasteiger partial charge >= 0.3 is 6.36 Å². The van der Waals surface area contributed by atoms with Crippen molar-refractivity contribution >= 4 is 44.2 Å². The van der Waals surface area contributed by atoms with Gasteiger partial charge < -0.3 is 15.3 Å². The molecule has 1 aliphatic carbocycles. The van der Waals surface area contributed by atoms with E-state index in [4.69, 9.17) is 11.6 Å². The maximum atomic E-state index is 15.8. The van der Waals surface area contributed by atoms with Crippen molar-refractivity contribution in [2.75, 3.05) is 36.3 Å². The van der Waals surface area contributed by atoms with Gasteiger partial charge in [0.25, 0.3) is 10.0 Å². The normalized spacial score (nSPS) is 17.6. The number of likely N-dealkylation sites (tertiary alicyclic amines) is 1. The number of fused-ring (bicyclic) bond motifs is 2. The van der Waals surface area contributed by atoms with E-state index >= 15 is 8.78 Å². The third kappa shape index (κ3) is 7.44. The standard InChI is InChI=1S/C31H29ClF5N5O4S/c32-19-14-22-21(2-6-26(22)43)27(15-19)47(44,45)41-25-5-3-23(33)28(29(25)34)17-1-4-24-18(13-17)16-38-30(40-24)39-20-7-9-42(10-8-20)11-12-46-31(35,36)37/h1,3-5,13-16,20,26,41,43H,2,6-12H2,(H,38,39,40). The second kappa shape index (κ2) is 13.1. The van der Waals surface area contributed by atoms with Gasteiger partial charge in [-0.15, -0.1) is 13.2 Å². The largest absolute Gasteiger partial charge is 0.522 e. The number of nitrogens with zero attached hydrogens (tertiary/aromatic N) is 3. The molecule has 0 radical (unpaired) electrons. The maximum Gasteiger partial charge on any atom is 0.522 e. The number of benzene rings is 3. The summed E-state index contributed by atoms with van der Waals surface area (Å²) in [7, 11) is -4.37. The molecule has 0 bridgehead atoms. The predicted octanol–water partition coefficient (Wildman–Crippen LogP) is 6.42. The first kappa shape index (κ1) is 33.3. The summed E-state index contributed by atoms with van der Waals surface area (Å²) < 4.78 is 100. The molecule has 3 N–H and O–H groups in total. The molecule has 250 valence electrons. The molecular formula is C31H29ClF5N5O4S. The van der Waals surface area contributed by atoms with Gasteiger partial charge in [-0.3, -0.25) is 9.46 Å². The lowest BCUT2D eigenvalue weighted by Gasteiger charge is -2.32. The number of rotatable bonds is 9. The lowest BCUT2D eigenvalue weighted by molar-refractivity contribution is -0.325. The van der Waals surface area contributed by atoms with E-state index < -0.39 is 52.0 Å². The van der Waals surface area contributed by atoms with E-state index in [-0.39, 0.29) is 28.1 Å². The van der Waals surface area contributed by atoms with Crippen molar-refractivity contribution in [3.63, 3.8) is 0 Å². The van der Waals surface area contributed by atoms with E-state index in [0.717, 1.165) is 12.1 Å². The highest BCUT2D eigenvalue weighted by Gasteiger charge is 2.31. The van der Waals surface area contributed by atoms with E-state index in [1.807, 2.05) is 4.90 Å². The minimum Gasteiger partial charge on any atom is -0.388 e. The van der Waals surface area contributed by atoms with Crippen LogP contribution in [-0.4, -0.2) is 67.0 Å². The first-order valence-electron chi connectivity index (χ1n) is 14.8. The molecule has 1 unspecified atom stereocenters. The van der Waals surface area contributed by atoms with Crippen LogP contribution in [-0.2, 0) is 21.2 Å². The van der Waals surface area contributed by atoms with Crippen LogP contribution < -0.4 is 10.0 Å². The second-order valence-corrected chi connectivity index (χ2v) is 13.5. The number of ether oxygens (including phenoxy) is 1. The Bertz CT molecular complexity index is 1920. The first-order valence-corrected chi connectivity index (χ1v) is 16.6. The van der Waals surface area contributed by atoms with Crippen LogP contribution in [0.1, 0.15) is 36.5 Å². The monoisotopic (exact) mass is 697 g/mol. The van der Waals surface area contributed by atoms with Crippen LogP contribution >= 0.6 is 11.6 Å². The van der Waals surface area contributed by atoms with Gasteiger partial charge in [-0.05, 0) is 78.8 Å². The molecule has 0 spiro atoms. The van der Waals surface area contributed by atoms with Crippen molar-refractivity contribution in [3.05, 3.63) is 76.4 Å². The van der Waals surface area contributed by atoms with Gasteiger partial charge in [0, 0.05) is 42.3 Å². The summed E-state index contributed by atoms with van der Waals surface area (Å²) >= 11 is 6.12. The molecule has 47 heavy (non-hydrogen) atoms. The second-order valence-electron chi connectivity index (χ2n) is 11.4. The highest BCUT2D eigenvalue weighted by atomic mass is 35.5. The Morgan fingerprint density at radius 2 is 1.83 bits per heavy atom. The minimum absolute atomic E-state index is 0.000690. The van der Waals surface area contributed by atoms with Crippen molar-refractivity contribution in [2.45, 2.75) is 49.1 Å². The number of aliphatic hydroxyl groups is 1. The van der Waals surface area contributed by atoms with Gasteiger partial charge in [0.2, 0.25) is 5.95 Å². The van der Waals surface area contributed by atoms with Crippen molar-refractivity contribution in [1.29, 1.82) is 0 Å². The molecule has 16 heteroatoms. The smallest absolute Gasteiger partial charge is 0.388 e. The quantitative estimate of drug-likeness (QED) is 0.172. The van der Waals surface area contributed by atoms with Crippen molar-refractivity contribution in [2.24, 2.45) is 0 Å². The Kier molecular flexibility index (Phi) is 9.28. The zero-order valence-corrected chi connectivity index (χ0v) is 26.2. The van der Waals surface area contributed by atoms with Gasteiger partial charge in [-0.2, -0.15) is 0 Å². The highest BCUT2D eigenvalue weighted by molar-refractivity contribution is 7.92. The van der Waals surface area contributed by atoms with E-state index in [1.54, 1.807) is 6.07 Å². The Balaban J connectivity index is 1.17. The lowest BCUT2D eigenvalue weighted by atomic mass is 10.0. The molecule has 6 rings (SSSR count). The number of hydrogen-bond donors (Lipinski definition) is 3. The summed E-state index contributed by atoms with van der Waals surface area (Å²) in [5, 5.41) is 14.0. The van der Waals surface area contributed by atoms with Gasteiger partial charge in [0.1, 0.15) is 5.82 Å². The van der Waals surface area contributed by atoms with Crippen LogP contribution in [0.5, 0.6) is 0 Å². The number of alkyl halides is 3. The number of sulfonamides is 1. The van der Waals surface area contributed by atoms with E-state index in [0.29, 0.717) is 66.8 Å². The van der Waals surface area contributed by atoms with Crippen LogP contribution in [0.25, 0.3) is 22.0 Å². The van der Waals surface area contributed by atoms with Gasteiger partial charge in [-0.1, -0.05) is 17.7 Å². The fourth-order valence-electron chi connectivity index (χ4n) is 6.00. The number of halogens is 6. The summed E-state index contributed by atoms with van der Waals surface area (Å²) in [5.74, 6) is -1.70. The zero-order valence-electron chi connectivity index (χ0n) is 24.6. The Hall–Kier alpha value is -3.63. The SMILES string of the molecule is O=S(=O)(Nc1ccc(F)c(-c2ccc3nc(NC4CCN(CCOC(F)(F)F)CC4)ncc3c2)c1F)c1cc(Cl)cc2c1CCC2O. The highest BCUT2D eigenvalue weighted by Crippen LogP contribution is 2.39. The van der Waals surface area contributed by atoms with Gasteiger partial charge in [0.15, 0.2) is 5.82 Å². The summed E-state index contributed by atoms with van der Waals surface area (Å²) in [6, 6.07) is 9.21. The predicted molar refractivity (Wildman–Crippen MR) is 166 cm³/mol. The fraction of sp³-hybridized carbons (Fsp3) is 0.355. The van der Waals surface area contributed by atoms with Crippen LogP contribution in [0.15, 0.2) is 53.6 Å². The molecule has 0 saturated carbocycles. The summed E-state index contributed by atoms with van der Waals surface area (Å²) in [6.07, 6.45) is -2.08. The Morgan fingerprint density at radius 1 is 1.06 bits per heavy atom. The topological polar surface area (TPSA) is 117 Å². The molecule has 1 atom stereocenters. The lowest BCUT2D eigenvalue weighted by Crippen LogP contribution is -2.41. The molecule has 0 amide bonds. The van der Waals surface area contributed by atoms with Crippen LogP contribution in [0.4, 0.5) is 33.6 Å². The van der Waals surface area contributed by atoms with E-state index in [9.17, 15) is 26.7 Å². The number of aliphatic hydroxyl groups excluding tert-OH is 1. The molecule has 1 aliphatic heterocycles. The summed E-state index contributed by atoms with van der Waals surface area (Å²) in [6.45, 7) is 0.895. The number of aromatic nitrogens is 2. The molecule has 9 nitrogen and oxygen atoms in total. The minimum atomic E-state index is -4.65. The van der Waals surface area contributed by atoms with Crippen molar-refractivity contribution < 1.29 is 40.2 Å². The third-order valence-electron chi connectivity index (χ3n) is 8.32. The molecule has 1 fully saturated rings. The first-order chi connectivity index (χ1) is 22.3. The van der Waals surface area contributed by atoms with E-state index in [1.165, 1.54) is 30.5 Å². The molecule has 2 aliphatic rings. The Labute approximate surface area is 271 Å². The number of piperidine rings is 1. The molecule has 3 aromatic carbocycles. The number of nitrogens with one attached hydrogen (secondary N) is 2. The van der Waals surface area contributed by atoms with Crippen molar-refractivity contribution in [1.82, 2.24) is 14.9 Å². The third-order valence-corrected chi connectivity index (χ3v) is 9.97. The van der Waals surface area contributed by atoms with Crippen molar-refractivity contribution in [3.8, 4) is 11.1 Å². The molecule has 1 aromatic heterocycles. The molecule has 2 heterocycles. The van der Waals surface area contributed by atoms with Crippen LogP contribution in [0, 0.1) is 11.6 Å². The average Bonchev–Trinajstić information content (AvgIpc) is 3.38. The number of anilines is 2. The van der Waals surface area contributed by atoms with Gasteiger partial charge in [-0.25, -0.2) is 27.2 Å². The maximum absolute atomic E-state index is 15.8. The molecular weight excluding hydrogens is 669 g/mol. The molecule has 1 saturated heterocycles. The number of hydrogen-bond acceptors (Lipinski definition) is 8.